The van der Waals surface area contributed by atoms with Gasteiger partial charge in [0.05, 0.1) is 15.8 Å². The van der Waals surface area contributed by atoms with Crippen LogP contribution in [0.1, 0.15) is 12.8 Å². The Morgan fingerprint density at radius 1 is 1.10 bits per heavy atom. The van der Waals surface area contributed by atoms with E-state index >= 15 is 0 Å². The fraction of sp³-hybridized carbons (Fsp3) is 0.409. The molecule has 1 aromatic heterocycles. The molecule has 29 heavy (non-hydrogen) atoms. The molecule has 0 amide bonds. The van der Waals surface area contributed by atoms with Crippen molar-refractivity contribution in [1.82, 2.24) is 9.88 Å². The number of fused-ring (bicyclic) bond motifs is 2. The average Bonchev–Trinajstić information content (AvgIpc) is 3.17. The Morgan fingerprint density at radius 3 is 2.69 bits per heavy atom. The normalized spacial score (nSPS) is 21.2. The number of aliphatic hydroxyl groups is 1. The molecule has 0 radical (unpaired) electrons. The van der Waals surface area contributed by atoms with Crippen molar-refractivity contribution in [2.24, 2.45) is 0 Å². The third kappa shape index (κ3) is 4.17. The van der Waals surface area contributed by atoms with E-state index in [1.807, 2.05) is 42.5 Å². The van der Waals surface area contributed by atoms with E-state index in [-0.39, 0.29) is 6.10 Å². The molecule has 152 valence electrons. The molecule has 2 aromatic carbocycles. The smallest absolute Gasteiger partial charge is 0.183 e. The number of aromatic nitrogens is 1. The van der Waals surface area contributed by atoms with E-state index in [1.54, 1.807) is 11.3 Å². The summed E-state index contributed by atoms with van der Waals surface area (Å²) in [5.74, 6) is 1.63. The van der Waals surface area contributed by atoms with Crippen molar-refractivity contribution in [3.05, 3.63) is 48.5 Å². The van der Waals surface area contributed by atoms with Crippen LogP contribution in [0.3, 0.4) is 0 Å². The zero-order chi connectivity index (χ0) is 19.7. The maximum absolute atomic E-state index is 11.0. The first kappa shape index (κ1) is 18.7. The number of nitrogens with zero attached hydrogens (tertiary/aromatic N) is 2. The van der Waals surface area contributed by atoms with Crippen LogP contribution in [-0.4, -0.2) is 59.5 Å². The van der Waals surface area contributed by atoms with Gasteiger partial charge in [-0.25, -0.2) is 4.98 Å². The highest BCUT2D eigenvalue weighted by molar-refractivity contribution is 7.22. The molecule has 3 heterocycles. The number of rotatable bonds is 5. The summed E-state index contributed by atoms with van der Waals surface area (Å²) in [6.45, 7) is 3.60. The second kappa shape index (κ2) is 7.82. The van der Waals surface area contributed by atoms with E-state index in [2.05, 4.69) is 21.3 Å². The molecule has 0 aliphatic carbocycles. The number of piperidine rings is 1. The van der Waals surface area contributed by atoms with Gasteiger partial charge < -0.3 is 19.9 Å². The van der Waals surface area contributed by atoms with Crippen molar-refractivity contribution >= 4 is 26.7 Å². The molecule has 2 aliphatic heterocycles. The highest BCUT2D eigenvalue weighted by atomic mass is 32.1. The molecule has 0 bridgehead atoms. The molecule has 0 saturated carbocycles. The van der Waals surface area contributed by atoms with E-state index < -0.39 is 5.60 Å². The molecule has 1 fully saturated rings. The van der Waals surface area contributed by atoms with Crippen molar-refractivity contribution in [3.63, 3.8) is 0 Å². The highest BCUT2D eigenvalue weighted by Gasteiger charge is 2.34. The largest absolute Gasteiger partial charge is 0.486 e. The fourth-order valence-electron chi connectivity index (χ4n) is 3.96. The van der Waals surface area contributed by atoms with Gasteiger partial charge in [0.25, 0.3) is 0 Å². The lowest BCUT2D eigenvalue weighted by Gasteiger charge is -2.39. The minimum absolute atomic E-state index is 0.0250. The third-order valence-electron chi connectivity index (χ3n) is 5.68. The van der Waals surface area contributed by atoms with E-state index in [4.69, 9.17) is 9.47 Å². The summed E-state index contributed by atoms with van der Waals surface area (Å²) < 4.78 is 13.0. The molecule has 2 N–H and O–H groups in total. The van der Waals surface area contributed by atoms with E-state index in [0.717, 1.165) is 59.3 Å². The van der Waals surface area contributed by atoms with Crippen molar-refractivity contribution in [1.29, 1.82) is 0 Å². The zero-order valence-corrected chi connectivity index (χ0v) is 17.0. The summed E-state index contributed by atoms with van der Waals surface area (Å²) in [7, 11) is 0. The van der Waals surface area contributed by atoms with Gasteiger partial charge >= 0.3 is 0 Å². The zero-order valence-electron chi connectivity index (χ0n) is 16.2. The number of likely N-dealkylation sites (tertiary alicyclic amines) is 1. The number of hydrogen-bond acceptors (Lipinski definition) is 7. The minimum Gasteiger partial charge on any atom is -0.486 e. The van der Waals surface area contributed by atoms with Gasteiger partial charge in [-0.1, -0.05) is 35.6 Å². The van der Waals surface area contributed by atoms with Gasteiger partial charge in [-0.3, -0.25) is 4.90 Å². The predicted molar refractivity (Wildman–Crippen MR) is 115 cm³/mol. The lowest BCUT2D eigenvalue weighted by molar-refractivity contribution is -0.0241. The first-order valence-electron chi connectivity index (χ1n) is 10.1. The first-order chi connectivity index (χ1) is 14.2. The summed E-state index contributed by atoms with van der Waals surface area (Å²) in [4.78, 5) is 6.95. The standard InChI is InChI=1S/C22H25N3O3S/c26-22(15-23-21-24-17-5-1-4-8-20(17)29-21)9-11-25(12-10-22)13-16-14-27-18-6-2-3-7-19(18)28-16/h1-8,16,26H,9-15H2,(H,23,24). The van der Waals surface area contributed by atoms with Gasteiger partial charge in [-0.2, -0.15) is 0 Å². The quantitative estimate of drug-likeness (QED) is 0.671. The number of thiazole rings is 1. The van der Waals surface area contributed by atoms with E-state index in [1.165, 1.54) is 0 Å². The fourth-order valence-corrected chi connectivity index (χ4v) is 4.82. The topological polar surface area (TPSA) is 66.9 Å². The van der Waals surface area contributed by atoms with E-state index in [0.29, 0.717) is 13.2 Å². The Bertz CT molecular complexity index is 951. The molecule has 2 aliphatic rings. The number of ether oxygens (including phenoxy) is 2. The molecular weight excluding hydrogens is 386 g/mol. The molecule has 3 aromatic rings. The van der Waals surface area contributed by atoms with Crippen molar-refractivity contribution in [2.75, 3.05) is 38.1 Å². The SMILES string of the molecule is OC1(CNc2nc3ccccc3s2)CCN(CC2COc3ccccc3O2)CC1. The number of hydrogen-bond donors (Lipinski definition) is 2. The van der Waals surface area contributed by atoms with Crippen molar-refractivity contribution < 1.29 is 14.6 Å². The average molecular weight is 412 g/mol. The van der Waals surface area contributed by atoms with Crippen molar-refractivity contribution in [3.8, 4) is 11.5 Å². The lowest BCUT2D eigenvalue weighted by atomic mass is 9.91. The Labute approximate surface area is 174 Å². The van der Waals surface area contributed by atoms with Crippen LogP contribution in [0.15, 0.2) is 48.5 Å². The Kier molecular flexibility index (Phi) is 5.03. The van der Waals surface area contributed by atoms with Gasteiger partial charge in [0.15, 0.2) is 16.6 Å². The van der Waals surface area contributed by atoms with Gasteiger partial charge in [0.2, 0.25) is 0 Å². The highest BCUT2D eigenvalue weighted by Crippen LogP contribution is 2.32. The molecule has 1 saturated heterocycles. The monoisotopic (exact) mass is 411 g/mol. The third-order valence-corrected chi connectivity index (χ3v) is 6.67. The molecule has 0 spiro atoms. The van der Waals surface area contributed by atoms with Crippen LogP contribution in [0, 0.1) is 0 Å². The lowest BCUT2D eigenvalue weighted by Crippen LogP contribution is -2.51. The van der Waals surface area contributed by atoms with Gasteiger partial charge in [-0.15, -0.1) is 0 Å². The first-order valence-corrected chi connectivity index (χ1v) is 10.9. The van der Waals surface area contributed by atoms with Gasteiger partial charge in [-0.05, 0) is 37.1 Å². The summed E-state index contributed by atoms with van der Waals surface area (Å²) in [6, 6.07) is 15.9. The maximum atomic E-state index is 11.0. The Balaban J connectivity index is 1.12. The molecule has 5 rings (SSSR count). The van der Waals surface area contributed by atoms with Crippen LogP contribution in [-0.2, 0) is 0 Å². The van der Waals surface area contributed by atoms with E-state index in [9.17, 15) is 5.11 Å². The van der Waals surface area contributed by atoms with Crippen LogP contribution in [0.25, 0.3) is 10.2 Å². The van der Waals surface area contributed by atoms with Crippen molar-refractivity contribution in [2.45, 2.75) is 24.5 Å². The predicted octanol–water partition coefficient (Wildman–Crippen LogP) is 3.38. The van der Waals surface area contributed by atoms with Crippen LogP contribution < -0.4 is 14.8 Å². The summed E-state index contributed by atoms with van der Waals surface area (Å²) >= 11 is 1.63. The minimum atomic E-state index is -0.703. The maximum Gasteiger partial charge on any atom is 0.183 e. The molecular formula is C22H25N3O3S. The molecule has 1 unspecified atom stereocenters. The number of nitrogens with one attached hydrogen (secondary N) is 1. The van der Waals surface area contributed by atoms with Crippen LogP contribution >= 0.6 is 11.3 Å². The summed E-state index contributed by atoms with van der Waals surface area (Å²) in [5, 5.41) is 15.2. The summed E-state index contributed by atoms with van der Waals surface area (Å²) in [5.41, 5.74) is 0.295. The second-order valence-electron chi connectivity index (χ2n) is 7.86. The number of anilines is 1. The van der Waals surface area contributed by atoms with Crippen LogP contribution in [0.5, 0.6) is 11.5 Å². The molecule has 7 heteroatoms. The molecule has 6 nitrogen and oxygen atoms in total. The van der Waals surface area contributed by atoms with Crippen LogP contribution in [0.4, 0.5) is 5.13 Å². The summed E-state index contributed by atoms with van der Waals surface area (Å²) in [6.07, 6.45) is 1.49. The number of benzene rings is 2. The molecule has 1 atom stereocenters. The van der Waals surface area contributed by atoms with Gasteiger partial charge in [0, 0.05) is 26.2 Å². The second-order valence-corrected chi connectivity index (χ2v) is 8.89. The Morgan fingerprint density at radius 2 is 1.86 bits per heavy atom. The Hall–Kier alpha value is -2.35. The van der Waals surface area contributed by atoms with Crippen LogP contribution in [0.2, 0.25) is 0 Å². The van der Waals surface area contributed by atoms with Gasteiger partial charge in [0.1, 0.15) is 12.7 Å². The number of para-hydroxylation sites is 3.